The van der Waals surface area contributed by atoms with E-state index in [1.165, 1.54) is 13.2 Å². The van der Waals surface area contributed by atoms with Crippen LogP contribution < -0.4 is 4.74 Å². The number of hydrogen-bond acceptors (Lipinski definition) is 4. The Labute approximate surface area is 92.6 Å². The van der Waals surface area contributed by atoms with E-state index >= 15 is 0 Å². The van der Waals surface area contributed by atoms with Crippen molar-refractivity contribution in [1.29, 1.82) is 0 Å². The fourth-order valence-corrected chi connectivity index (χ4v) is 1.13. The van der Waals surface area contributed by atoms with Crippen LogP contribution in [0.2, 0.25) is 0 Å². The Morgan fingerprint density at radius 2 is 2.31 bits per heavy atom. The molecule has 5 heteroatoms. The molecule has 1 atom stereocenters. The van der Waals surface area contributed by atoms with Gasteiger partial charge in [-0.25, -0.2) is 4.79 Å². The average Bonchev–Trinajstić information content (AvgIpc) is 2.28. The molecule has 0 aliphatic heterocycles. The zero-order valence-corrected chi connectivity index (χ0v) is 8.75. The molecule has 0 saturated heterocycles. The van der Waals surface area contributed by atoms with Gasteiger partial charge in [0.05, 0.1) is 6.61 Å². The second kappa shape index (κ2) is 5.87. The molecule has 0 heterocycles. The van der Waals surface area contributed by atoms with Gasteiger partial charge < -0.3 is 14.6 Å². The van der Waals surface area contributed by atoms with Gasteiger partial charge in [0.1, 0.15) is 12.0 Å². The van der Waals surface area contributed by atoms with E-state index < -0.39 is 12.1 Å². The topological polar surface area (TPSA) is 72.8 Å². The van der Waals surface area contributed by atoms with Crippen molar-refractivity contribution in [3.05, 3.63) is 29.8 Å². The summed E-state index contributed by atoms with van der Waals surface area (Å²) in [5, 5.41) is 8.82. The van der Waals surface area contributed by atoms with Gasteiger partial charge in [-0.1, -0.05) is 12.1 Å². The molecule has 16 heavy (non-hydrogen) atoms. The van der Waals surface area contributed by atoms with Crippen LogP contribution in [0.5, 0.6) is 5.75 Å². The van der Waals surface area contributed by atoms with Gasteiger partial charge in [0.2, 0.25) is 6.10 Å². The standard InChI is InChI=1S/C11H12O5/c1-15-7-10(11(13)14)16-9-4-2-3-8(5-9)6-12/h2-6,10H,7H2,1H3,(H,13,14). The smallest absolute Gasteiger partial charge is 0.347 e. The molecular weight excluding hydrogens is 212 g/mol. The highest BCUT2D eigenvalue weighted by molar-refractivity contribution is 5.76. The number of carbonyl (C=O) groups is 2. The van der Waals surface area contributed by atoms with Crippen LogP contribution in [-0.4, -0.2) is 37.2 Å². The molecule has 0 bridgehead atoms. The van der Waals surface area contributed by atoms with Crippen LogP contribution in [-0.2, 0) is 9.53 Å². The lowest BCUT2D eigenvalue weighted by Crippen LogP contribution is -2.31. The molecule has 1 N–H and O–H groups in total. The number of carboxylic acids is 1. The summed E-state index contributed by atoms with van der Waals surface area (Å²) in [5.74, 6) is -0.785. The average molecular weight is 224 g/mol. The molecule has 0 fully saturated rings. The highest BCUT2D eigenvalue weighted by Crippen LogP contribution is 2.14. The molecule has 0 spiro atoms. The molecule has 86 valence electrons. The summed E-state index contributed by atoms with van der Waals surface area (Å²) in [7, 11) is 1.39. The summed E-state index contributed by atoms with van der Waals surface area (Å²) in [4.78, 5) is 21.3. The third-order valence-electron chi connectivity index (χ3n) is 1.87. The molecule has 0 aliphatic carbocycles. The SMILES string of the molecule is COCC(Oc1cccc(C=O)c1)C(=O)O. The van der Waals surface area contributed by atoms with Crippen molar-refractivity contribution < 1.29 is 24.2 Å². The monoisotopic (exact) mass is 224 g/mol. The maximum Gasteiger partial charge on any atom is 0.347 e. The van der Waals surface area contributed by atoms with Crippen LogP contribution in [0, 0.1) is 0 Å². The van der Waals surface area contributed by atoms with Crippen molar-refractivity contribution >= 4 is 12.3 Å². The molecule has 0 amide bonds. The maximum absolute atomic E-state index is 10.8. The summed E-state index contributed by atoms with van der Waals surface area (Å²) in [6.45, 7) is -0.0549. The van der Waals surface area contributed by atoms with Crippen molar-refractivity contribution in [1.82, 2.24) is 0 Å². The molecule has 1 rings (SSSR count). The van der Waals surface area contributed by atoms with Crippen LogP contribution in [0.4, 0.5) is 0 Å². The van der Waals surface area contributed by atoms with Crippen molar-refractivity contribution in [2.24, 2.45) is 0 Å². The third kappa shape index (κ3) is 3.36. The number of carboxylic acid groups (broad SMARTS) is 1. The van der Waals surface area contributed by atoms with E-state index in [1.807, 2.05) is 0 Å². The predicted octanol–water partition coefficient (Wildman–Crippen LogP) is 0.978. The first kappa shape index (κ1) is 12.2. The van der Waals surface area contributed by atoms with E-state index in [4.69, 9.17) is 14.6 Å². The number of rotatable bonds is 6. The highest BCUT2D eigenvalue weighted by Gasteiger charge is 2.19. The molecule has 0 radical (unpaired) electrons. The van der Waals surface area contributed by atoms with Gasteiger partial charge in [-0.2, -0.15) is 0 Å². The lowest BCUT2D eigenvalue weighted by atomic mass is 10.2. The van der Waals surface area contributed by atoms with Gasteiger partial charge in [-0.15, -0.1) is 0 Å². The van der Waals surface area contributed by atoms with Crippen molar-refractivity contribution in [3.8, 4) is 5.75 Å². The number of hydrogen-bond donors (Lipinski definition) is 1. The number of carbonyl (C=O) groups excluding carboxylic acids is 1. The highest BCUT2D eigenvalue weighted by atomic mass is 16.5. The van der Waals surface area contributed by atoms with E-state index in [1.54, 1.807) is 18.2 Å². The molecule has 1 unspecified atom stereocenters. The van der Waals surface area contributed by atoms with Gasteiger partial charge in [0.15, 0.2) is 0 Å². The minimum absolute atomic E-state index is 0.0549. The normalized spacial score (nSPS) is 11.8. The summed E-state index contributed by atoms with van der Waals surface area (Å²) in [6, 6.07) is 6.27. The van der Waals surface area contributed by atoms with Crippen molar-refractivity contribution in [3.63, 3.8) is 0 Å². The second-order valence-electron chi connectivity index (χ2n) is 3.09. The van der Waals surface area contributed by atoms with Gasteiger partial charge in [0, 0.05) is 12.7 Å². The summed E-state index contributed by atoms with van der Waals surface area (Å²) < 4.78 is 9.89. The molecule has 5 nitrogen and oxygen atoms in total. The first-order chi connectivity index (χ1) is 7.67. The fraction of sp³-hybridized carbons (Fsp3) is 0.273. The van der Waals surface area contributed by atoms with Crippen LogP contribution in [0.15, 0.2) is 24.3 Å². The van der Waals surface area contributed by atoms with Crippen LogP contribution in [0.1, 0.15) is 10.4 Å². The van der Waals surface area contributed by atoms with E-state index in [0.717, 1.165) is 0 Å². The second-order valence-corrected chi connectivity index (χ2v) is 3.09. The molecule has 1 aromatic carbocycles. The van der Waals surface area contributed by atoms with E-state index in [-0.39, 0.29) is 6.61 Å². The molecule has 1 aromatic rings. The lowest BCUT2D eigenvalue weighted by Gasteiger charge is -2.14. The largest absolute Gasteiger partial charge is 0.478 e. The van der Waals surface area contributed by atoms with E-state index in [2.05, 4.69) is 0 Å². The first-order valence-electron chi connectivity index (χ1n) is 4.61. The maximum atomic E-state index is 10.8. The minimum Gasteiger partial charge on any atom is -0.478 e. The number of ether oxygens (including phenoxy) is 2. The van der Waals surface area contributed by atoms with Crippen LogP contribution >= 0.6 is 0 Å². The Morgan fingerprint density at radius 1 is 1.56 bits per heavy atom. The van der Waals surface area contributed by atoms with Gasteiger partial charge in [0.25, 0.3) is 0 Å². The van der Waals surface area contributed by atoms with Crippen molar-refractivity contribution in [2.45, 2.75) is 6.10 Å². The summed E-state index contributed by atoms with van der Waals surface area (Å²) in [5.41, 5.74) is 0.430. The van der Waals surface area contributed by atoms with E-state index in [9.17, 15) is 9.59 Å². The molecule has 0 saturated carbocycles. The number of benzene rings is 1. The summed E-state index contributed by atoms with van der Waals surface area (Å²) >= 11 is 0. The zero-order valence-electron chi connectivity index (χ0n) is 8.75. The van der Waals surface area contributed by atoms with Crippen LogP contribution in [0.25, 0.3) is 0 Å². The zero-order chi connectivity index (χ0) is 12.0. The quantitative estimate of drug-likeness (QED) is 0.729. The Kier molecular flexibility index (Phi) is 4.47. The molecular formula is C11H12O5. The Hall–Kier alpha value is -1.88. The number of aliphatic carboxylic acids is 1. The summed E-state index contributed by atoms with van der Waals surface area (Å²) in [6.07, 6.45) is -0.411. The predicted molar refractivity (Wildman–Crippen MR) is 55.8 cm³/mol. The molecule has 0 aliphatic rings. The fourth-order valence-electron chi connectivity index (χ4n) is 1.13. The minimum atomic E-state index is -1.11. The number of methoxy groups -OCH3 is 1. The molecule has 0 aromatic heterocycles. The third-order valence-corrected chi connectivity index (χ3v) is 1.87. The Bertz CT molecular complexity index is 374. The number of aldehydes is 1. The Balaban J connectivity index is 2.76. The Morgan fingerprint density at radius 3 is 2.88 bits per heavy atom. The van der Waals surface area contributed by atoms with Gasteiger partial charge >= 0.3 is 5.97 Å². The first-order valence-corrected chi connectivity index (χ1v) is 4.61. The van der Waals surface area contributed by atoms with Crippen LogP contribution in [0.3, 0.4) is 0 Å². The lowest BCUT2D eigenvalue weighted by molar-refractivity contribution is -0.147. The van der Waals surface area contributed by atoms with Crippen molar-refractivity contribution in [2.75, 3.05) is 13.7 Å². The van der Waals surface area contributed by atoms with E-state index in [0.29, 0.717) is 17.6 Å². The van der Waals surface area contributed by atoms with Gasteiger partial charge in [-0.3, -0.25) is 4.79 Å². The van der Waals surface area contributed by atoms with Gasteiger partial charge in [-0.05, 0) is 12.1 Å².